The van der Waals surface area contributed by atoms with Gasteiger partial charge in [0.2, 0.25) is 5.95 Å². The van der Waals surface area contributed by atoms with E-state index in [1.807, 2.05) is 19.1 Å². The van der Waals surface area contributed by atoms with Crippen molar-refractivity contribution in [2.75, 3.05) is 23.3 Å². The van der Waals surface area contributed by atoms with E-state index < -0.39 is 0 Å². The SMILES string of the molecule is Cc1cc(C(=O)NC2CC2)nc(Nc2ccc(N3CCCC3)cc2)n1. The van der Waals surface area contributed by atoms with Crippen molar-refractivity contribution in [2.45, 2.75) is 38.6 Å². The summed E-state index contributed by atoms with van der Waals surface area (Å²) in [6.45, 7) is 4.14. The number of nitrogens with one attached hydrogen (secondary N) is 2. The zero-order valence-corrected chi connectivity index (χ0v) is 14.5. The molecule has 1 aromatic carbocycles. The molecule has 2 fully saturated rings. The van der Waals surface area contributed by atoms with Gasteiger partial charge < -0.3 is 15.5 Å². The maximum atomic E-state index is 12.2. The fourth-order valence-corrected chi connectivity index (χ4v) is 3.09. The van der Waals surface area contributed by atoms with E-state index in [0.29, 0.717) is 17.7 Å². The lowest BCUT2D eigenvalue weighted by molar-refractivity contribution is 0.0946. The largest absolute Gasteiger partial charge is 0.372 e. The van der Waals surface area contributed by atoms with Crippen LogP contribution < -0.4 is 15.5 Å². The molecule has 0 unspecified atom stereocenters. The molecular formula is C19H23N5O. The molecule has 1 aliphatic carbocycles. The van der Waals surface area contributed by atoms with Gasteiger partial charge in [0.1, 0.15) is 5.69 Å². The summed E-state index contributed by atoms with van der Waals surface area (Å²) in [5.41, 5.74) is 3.35. The quantitative estimate of drug-likeness (QED) is 0.878. The average molecular weight is 337 g/mol. The second kappa shape index (κ2) is 6.70. The molecule has 1 aliphatic heterocycles. The highest BCUT2D eigenvalue weighted by molar-refractivity contribution is 5.93. The topological polar surface area (TPSA) is 70.2 Å². The van der Waals surface area contributed by atoms with Crippen LogP contribution in [0.4, 0.5) is 17.3 Å². The van der Waals surface area contributed by atoms with Gasteiger partial charge in [-0.05, 0) is 62.9 Å². The van der Waals surface area contributed by atoms with Crippen LogP contribution >= 0.6 is 0 Å². The summed E-state index contributed by atoms with van der Waals surface area (Å²) in [6, 6.07) is 10.3. The van der Waals surface area contributed by atoms with Crippen molar-refractivity contribution in [1.29, 1.82) is 0 Å². The molecule has 1 amide bonds. The van der Waals surface area contributed by atoms with Crippen LogP contribution in [0, 0.1) is 6.92 Å². The molecule has 0 spiro atoms. The normalized spacial score (nSPS) is 16.8. The van der Waals surface area contributed by atoms with Crippen LogP contribution in [0.1, 0.15) is 41.9 Å². The number of hydrogen-bond donors (Lipinski definition) is 2. The minimum Gasteiger partial charge on any atom is -0.372 e. The van der Waals surface area contributed by atoms with Crippen molar-refractivity contribution < 1.29 is 4.79 Å². The van der Waals surface area contributed by atoms with E-state index in [4.69, 9.17) is 0 Å². The molecule has 6 heteroatoms. The maximum Gasteiger partial charge on any atom is 0.270 e. The highest BCUT2D eigenvalue weighted by atomic mass is 16.2. The Hall–Kier alpha value is -2.63. The van der Waals surface area contributed by atoms with E-state index in [9.17, 15) is 4.79 Å². The third-order valence-electron chi connectivity index (χ3n) is 4.59. The average Bonchev–Trinajstić information content (AvgIpc) is 3.24. The summed E-state index contributed by atoms with van der Waals surface area (Å²) < 4.78 is 0. The minimum atomic E-state index is -0.125. The van der Waals surface area contributed by atoms with Crippen molar-refractivity contribution in [2.24, 2.45) is 0 Å². The molecule has 2 N–H and O–H groups in total. The minimum absolute atomic E-state index is 0.125. The van der Waals surface area contributed by atoms with Crippen LogP contribution in [0.15, 0.2) is 30.3 Å². The van der Waals surface area contributed by atoms with Gasteiger partial charge in [-0.25, -0.2) is 9.97 Å². The Bertz CT molecular complexity index is 764. The third kappa shape index (κ3) is 3.90. The molecule has 1 saturated carbocycles. The van der Waals surface area contributed by atoms with Gasteiger partial charge in [0.05, 0.1) is 0 Å². The number of anilines is 3. The Balaban J connectivity index is 1.47. The number of rotatable bonds is 5. The number of amides is 1. The van der Waals surface area contributed by atoms with E-state index in [2.05, 4.69) is 37.6 Å². The van der Waals surface area contributed by atoms with Crippen LogP contribution in [0.25, 0.3) is 0 Å². The summed E-state index contributed by atoms with van der Waals surface area (Å²) in [7, 11) is 0. The molecule has 2 aliphatic rings. The molecule has 1 aromatic heterocycles. The molecule has 0 bridgehead atoms. The van der Waals surface area contributed by atoms with Crippen LogP contribution in [0.3, 0.4) is 0 Å². The highest BCUT2D eigenvalue weighted by Crippen LogP contribution is 2.23. The summed E-state index contributed by atoms with van der Waals surface area (Å²) >= 11 is 0. The lowest BCUT2D eigenvalue weighted by Gasteiger charge is -2.17. The number of aromatic nitrogens is 2. The fraction of sp³-hybridized carbons (Fsp3) is 0.421. The van der Waals surface area contributed by atoms with Gasteiger partial charge in [-0.1, -0.05) is 0 Å². The first-order valence-electron chi connectivity index (χ1n) is 8.96. The monoisotopic (exact) mass is 337 g/mol. The number of benzene rings is 1. The number of hydrogen-bond acceptors (Lipinski definition) is 5. The Morgan fingerprint density at radius 3 is 2.52 bits per heavy atom. The molecule has 2 heterocycles. The van der Waals surface area contributed by atoms with E-state index in [0.717, 1.165) is 37.3 Å². The summed E-state index contributed by atoms with van der Waals surface area (Å²) in [5.74, 6) is 0.329. The molecule has 4 rings (SSSR count). The Morgan fingerprint density at radius 2 is 1.84 bits per heavy atom. The van der Waals surface area contributed by atoms with Gasteiger partial charge in [0.25, 0.3) is 5.91 Å². The van der Waals surface area contributed by atoms with Crippen molar-refractivity contribution in [3.8, 4) is 0 Å². The first kappa shape index (κ1) is 15.9. The fourth-order valence-electron chi connectivity index (χ4n) is 3.09. The number of carbonyl (C=O) groups excluding carboxylic acids is 1. The van der Waals surface area contributed by atoms with Crippen molar-refractivity contribution in [1.82, 2.24) is 15.3 Å². The number of nitrogens with zero attached hydrogens (tertiary/aromatic N) is 3. The van der Waals surface area contributed by atoms with Crippen molar-refractivity contribution in [3.05, 3.63) is 41.7 Å². The van der Waals surface area contributed by atoms with Gasteiger partial charge in [0.15, 0.2) is 0 Å². The van der Waals surface area contributed by atoms with E-state index in [1.54, 1.807) is 6.07 Å². The lowest BCUT2D eigenvalue weighted by atomic mass is 10.2. The van der Waals surface area contributed by atoms with E-state index in [-0.39, 0.29) is 5.91 Å². The van der Waals surface area contributed by atoms with Gasteiger partial charge in [-0.15, -0.1) is 0 Å². The second-order valence-electron chi connectivity index (χ2n) is 6.83. The first-order chi connectivity index (χ1) is 12.2. The maximum absolute atomic E-state index is 12.2. The summed E-state index contributed by atoms with van der Waals surface area (Å²) in [4.78, 5) is 23.4. The molecule has 130 valence electrons. The van der Waals surface area contributed by atoms with Gasteiger partial charge >= 0.3 is 0 Å². The Kier molecular flexibility index (Phi) is 4.26. The van der Waals surface area contributed by atoms with Gasteiger partial charge in [-0.3, -0.25) is 4.79 Å². The standard InChI is InChI=1S/C19H23N5O/c1-13-12-17(18(25)21-14-4-5-14)23-19(20-13)22-15-6-8-16(9-7-15)24-10-2-3-11-24/h6-9,12,14H,2-5,10-11H2,1H3,(H,21,25)(H,20,22,23). The van der Waals surface area contributed by atoms with Crippen LogP contribution in [0.5, 0.6) is 0 Å². The number of carbonyl (C=O) groups is 1. The van der Waals surface area contributed by atoms with Crippen molar-refractivity contribution in [3.63, 3.8) is 0 Å². The lowest BCUT2D eigenvalue weighted by Crippen LogP contribution is -2.26. The Labute approximate surface area is 147 Å². The van der Waals surface area contributed by atoms with E-state index in [1.165, 1.54) is 18.5 Å². The Morgan fingerprint density at radius 1 is 1.12 bits per heavy atom. The zero-order chi connectivity index (χ0) is 17.2. The molecule has 1 saturated heterocycles. The molecule has 6 nitrogen and oxygen atoms in total. The summed E-state index contributed by atoms with van der Waals surface area (Å²) in [5, 5.41) is 6.17. The van der Waals surface area contributed by atoms with Crippen LogP contribution in [-0.2, 0) is 0 Å². The zero-order valence-electron chi connectivity index (χ0n) is 14.5. The van der Waals surface area contributed by atoms with Crippen molar-refractivity contribution >= 4 is 23.2 Å². The number of aryl methyl sites for hydroxylation is 1. The highest BCUT2D eigenvalue weighted by Gasteiger charge is 2.24. The predicted octanol–water partition coefficient (Wildman–Crippen LogP) is 3.02. The van der Waals surface area contributed by atoms with Crippen LogP contribution in [0.2, 0.25) is 0 Å². The third-order valence-corrected chi connectivity index (χ3v) is 4.59. The van der Waals surface area contributed by atoms with E-state index >= 15 is 0 Å². The second-order valence-corrected chi connectivity index (χ2v) is 6.83. The molecule has 0 atom stereocenters. The first-order valence-corrected chi connectivity index (χ1v) is 8.96. The smallest absolute Gasteiger partial charge is 0.270 e. The van der Waals surface area contributed by atoms with Gasteiger partial charge in [0, 0.05) is 36.2 Å². The van der Waals surface area contributed by atoms with Crippen LogP contribution in [-0.4, -0.2) is 35.0 Å². The molecule has 25 heavy (non-hydrogen) atoms. The summed E-state index contributed by atoms with van der Waals surface area (Å²) in [6.07, 6.45) is 4.65. The van der Waals surface area contributed by atoms with Gasteiger partial charge in [-0.2, -0.15) is 0 Å². The predicted molar refractivity (Wildman–Crippen MR) is 98.4 cm³/mol. The molecule has 0 radical (unpaired) electrons. The molecule has 2 aromatic rings. The molecular weight excluding hydrogens is 314 g/mol.